The molecule has 0 bridgehead atoms. The Bertz CT molecular complexity index is 367. The van der Waals surface area contributed by atoms with Crippen LogP contribution >= 0.6 is 0 Å². The number of rotatable bonds is 1. The van der Waals surface area contributed by atoms with Gasteiger partial charge >= 0.3 is 6.09 Å². The van der Waals surface area contributed by atoms with E-state index >= 15 is 0 Å². The van der Waals surface area contributed by atoms with Gasteiger partial charge in [-0.15, -0.1) is 0 Å². The summed E-state index contributed by atoms with van der Waals surface area (Å²) in [5.74, 6) is 0.469. The van der Waals surface area contributed by atoms with Crippen LogP contribution in [0.1, 0.15) is 24.3 Å². The Labute approximate surface area is 94.7 Å². The van der Waals surface area contributed by atoms with Crippen molar-refractivity contribution in [1.82, 2.24) is 4.90 Å². The number of amides is 1. The van der Waals surface area contributed by atoms with Gasteiger partial charge in [0, 0.05) is 18.8 Å². The molecule has 1 heterocycles. The molecule has 86 valence electrons. The minimum Gasteiger partial charge on any atom is -0.465 e. The number of piperidine rings is 1. The molecule has 0 aliphatic carbocycles. The number of nitrogens with zero attached hydrogens (tertiary/aromatic N) is 1. The number of likely N-dealkylation sites (tertiary alicyclic amines) is 1. The third-order valence-corrected chi connectivity index (χ3v) is 3.17. The Morgan fingerprint density at radius 3 is 2.31 bits per heavy atom. The van der Waals surface area contributed by atoms with E-state index in [4.69, 9.17) is 10.8 Å². The third-order valence-electron chi connectivity index (χ3n) is 3.17. The van der Waals surface area contributed by atoms with Gasteiger partial charge in [-0.2, -0.15) is 0 Å². The summed E-state index contributed by atoms with van der Waals surface area (Å²) in [6.07, 6.45) is 0.989. The fourth-order valence-corrected chi connectivity index (χ4v) is 2.17. The smallest absolute Gasteiger partial charge is 0.407 e. The van der Waals surface area contributed by atoms with E-state index < -0.39 is 6.09 Å². The molecule has 0 radical (unpaired) electrons. The molecule has 3 N–H and O–H groups in total. The van der Waals surface area contributed by atoms with E-state index in [1.165, 1.54) is 10.5 Å². The fourth-order valence-electron chi connectivity index (χ4n) is 2.17. The number of hydrogen-bond acceptors (Lipinski definition) is 2. The Hall–Kier alpha value is -1.71. The number of benzene rings is 1. The first kappa shape index (κ1) is 10.8. The second-order valence-corrected chi connectivity index (χ2v) is 4.21. The maximum atomic E-state index is 10.8. The second-order valence-electron chi connectivity index (χ2n) is 4.21. The monoisotopic (exact) mass is 220 g/mol. The fraction of sp³-hybridized carbons (Fsp3) is 0.417. The maximum absolute atomic E-state index is 10.8. The van der Waals surface area contributed by atoms with Crippen molar-refractivity contribution in [3.63, 3.8) is 0 Å². The van der Waals surface area contributed by atoms with Gasteiger partial charge in [0.15, 0.2) is 0 Å². The molecule has 1 amide bonds. The molecule has 0 aromatic heterocycles. The topological polar surface area (TPSA) is 66.6 Å². The van der Waals surface area contributed by atoms with Gasteiger partial charge < -0.3 is 15.7 Å². The van der Waals surface area contributed by atoms with Crippen molar-refractivity contribution in [2.24, 2.45) is 0 Å². The molecule has 1 aromatic rings. The highest BCUT2D eigenvalue weighted by Crippen LogP contribution is 2.28. The van der Waals surface area contributed by atoms with Crippen LogP contribution < -0.4 is 5.73 Å². The zero-order valence-electron chi connectivity index (χ0n) is 9.10. The van der Waals surface area contributed by atoms with Gasteiger partial charge in [-0.1, -0.05) is 12.1 Å². The zero-order valence-corrected chi connectivity index (χ0v) is 9.10. The number of nitrogen functional groups attached to an aromatic ring is 1. The molecule has 0 atom stereocenters. The van der Waals surface area contributed by atoms with Crippen molar-refractivity contribution in [2.75, 3.05) is 18.8 Å². The molecule has 4 heteroatoms. The largest absolute Gasteiger partial charge is 0.465 e. The summed E-state index contributed by atoms with van der Waals surface area (Å²) in [7, 11) is 0. The van der Waals surface area contributed by atoms with Crippen LogP contribution in [-0.4, -0.2) is 29.2 Å². The van der Waals surface area contributed by atoms with Crippen molar-refractivity contribution in [3.05, 3.63) is 29.8 Å². The van der Waals surface area contributed by atoms with Crippen molar-refractivity contribution in [1.29, 1.82) is 0 Å². The summed E-state index contributed by atoms with van der Waals surface area (Å²) in [6.45, 7) is 1.26. The maximum Gasteiger partial charge on any atom is 0.407 e. The molecule has 1 aromatic carbocycles. The van der Waals surface area contributed by atoms with E-state index in [1.54, 1.807) is 0 Å². The summed E-state index contributed by atoms with van der Waals surface area (Å²) in [4.78, 5) is 12.2. The minimum atomic E-state index is -0.809. The quantitative estimate of drug-likeness (QED) is 0.712. The molecule has 1 aliphatic rings. The first-order valence-corrected chi connectivity index (χ1v) is 5.50. The molecular formula is C12H16N2O2. The van der Waals surface area contributed by atoms with Gasteiger partial charge in [-0.05, 0) is 36.5 Å². The number of nitrogens with two attached hydrogens (primary N) is 1. The zero-order chi connectivity index (χ0) is 11.5. The molecule has 0 unspecified atom stereocenters. The van der Waals surface area contributed by atoms with Crippen LogP contribution in [0.3, 0.4) is 0 Å². The van der Waals surface area contributed by atoms with Gasteiger partial charge in [-0.3, -0.25) is 0 Å². The molecule has 4 nitrogen and oxygen atoms in total. The lowest BCUT2D eigenvalue weighted by Crippen LogP contribution is -2.36. The van der Waals surface area contributed by atoms with E-state index in [0.29, 0.717) is 19.0 Å². The van der Waals surface area contributed by atoms with Crippen LogP contribution in [0, 0.1) is 0 Å². The molecule has 1 aliphatic heterocycles. The molecule has 2 rings (SSSR count). The average molecular weight is 220 g/mol. The third kappa shape index (κ3) is 2.27. The number of carboxylic acid groups (broad SMARTS) is 1. The van der Waals surface area contributed by atoms with Crippen molar-refractivity contribution >= 4 is 11.8 Å². The van der Waals surface area contributed by atoms with Crippen LogP contribution in [0.25, 0.3) is 0 Å². The van der Waals surface area contributed by atoms with E-state index in [9.17, 15) is 4.79 Å². The standard InChI is InChI=1S/C12H16N2O2/c13-11-3-1-9(2-4-11)10-5-7-14(8-6-10)12(15)16/h1-4,10H,5-8,13H2,(H,15,16). The molecule has 1 saturated heterocycles. The number of anilines is 1. The summed E-state index contributed by atoms with van der Waals surface area (Å²) >= 11 is 0. The highest BCUT2D eigenvalue weighted by molar-refractivity contribution is 5.65. The summed E-state index contributed by atoms with van der Waals surface area (Å²) in [5.41, 5.74) is 7.67. The first-order chi connectivity index (χ1) is 7.66. The molecule has 0 spiro atoms. The van der Waals surface area contributed by atoms with Gasteiger partial charge in [0.1, 0.15) is 0 Å². The van der Waals surface area contributed by atoms with Crippen molar-refractivity contribution in [2.45, 2.75) is 18.8 Å². The Kier molecular flexibility index (Phi) is 2.99. The summed E-state index contributed by atoms with van der Waals surface area (Å²) < 4.78 is 0. The first-order valence-electron chi connectivity index (χ1n) is 5.50. The SMILES string of the molecule is Nc1ccc(C2CCN(C(=O)O)CC2)cc1. The lowest BCUT2D eigenvalue weighted by atomic mass is 9.89. The Morgan fingerprint density at radius 2 is 1.81 bits per heavy atom. The van der Waals surface area contributed by atoms with Crippen molar-refractivity contribution < 1.29 is 9.90 Å². The van der Waals surface area contributed by atoms with Gasteiger partial charge in [0.2, 0.25) is 0 Å². The Morgan fingerprint density at radius 1 is 1.25 bits per heavy atom. The van der Waals surface area contributed by atoms with Crippen LogP contribution in [0.4, 0.5) is 10.5 Å². The van der Waals surface area contributed by atoms with Crippen LogP contribution in [0.2, 0.25) is 0 Å². The highest BCUT2D eigenvalue weighted by Gasteiger charge is 2.22. The predicted octanol–water partition coefficient (Wildman–Crippen LogP) is 2.13. The summed E-state index contributed by atoms with van der Waals surface area (Å²) in [5, 5.41) is 8.84. The van der Waals surface area contributed by atoms with Crippen molar-refractivity contribution in [3.8, 4) is 0 Å². The molecular weight excluding hydrogens is 204 g/mol. The minimum absolute atomic E-state index is 0.469. The highest BCUT2D eigenvalue weighted by atomic mass is 16.4. The predicted molar refractivity (Wildman–Crippen MR) is 62.4 cm³/mol. The van der Waals surface area contributed by atoms with Crippen LogP contribution in [-0.2, 0) is 0 Å². The number of hydrogen-bond donors (Lipinski definition) is 2. The average Bonchev–Trinajstić information content (AvgIpc) is 2.30. The van der Waals surface area contributed by atoms with Crippen LogP contribution in [0.15, 0.2) is 24.3 Å². The second kappa shape index (κ2) is 4.43. The van der Waals surface area contributed by atoms with E-state index in [0.717, 1.165) is 18.5 Å². The molecule has 0 saturated carbocycles. The lowest BCUT2D eigenvalue weighted by Gasteiger charge is -2.30. The molecule has 1 fully saturated rings. The Balaban J connectivity index is 1.99. The van der Waals surface area contributed by atoms with E-state index in [1.807, 2.05) is 24.3 Å². The van der Waals surface area contributed by atoms with Gasteiger partial charge in [0.25, 0.3) is 0 Å². The van der Waals surface area contributed by atoms with Crippen LogP contribution in [0.5, 0.6) is 0 Å². The summed E-state index contributed by atoms with van der Waals surface area (Å²) in [6, 6.07) is 7.88. The van der Waals surface area contributed by atoms with Gasteiger partial charge in [-0.25, -0.2) is 4.79 Å². The van der Waals surface area contributed by atoms with E-state index in [2.05, 4.69) is 0 Å². The van der Waals surface area contributed by atoms with E-state index in [-0.39, 0.29) is 0 Å². The van der Waals surface area contributed by atoms with Gasteiger partial charge in [0.05, 0.1) is 0 Å². The number of carbonyl (C=O) groups is 1. The lowest BCUT2D eigenvalue weighted by molar-refractivity contribution is 0.132. The normalized spacial score (nSPS) is 17.4. The molecule has 16 heavy (non-hydrogen) atoms.